The number of fused-ring (bicyclic) bond motifs is 1. The summed E-state index contributed by atoms with van der Waals surface area (Å²) < 4.78 is 0. The molecule has 0 bridgehead atoms. The monoisotopic (exact) mass is 198 g/mol. The van der Waals surface area contributed by atoms with E-state index in [9.17, 15) is 4.79 Å². The maximum Gasteiger partial charge on any atom is 0.158 e. The van der Waals surface area contributed by atoms with Crippen LogP contribution in [0.3, 0.4) is 0 Å². The van der Waals surface area contributed by atoms with E-state index in [1.165, 1.54) is 0 Å². The fourth-order valence-electron chi connectivity index (χ4n) is 2.63. The van der Waals surface area contributed by atoms with Crippen molar-refractivity contribution in [1.82, 2.24) is 0 Å². The molecule has 2 rings (SSSR count). The zero-order valence-corrected chi connectivity index (χ0v) is 8.68. The van der Waals surface area contributed by atoms with Gasteiger partial charge in [0.2, 0.25) is 0 Å². The SMILES string of the molecule is CCCC1(Cl)C(=O)C2CCC=CC21. The molecular weight excluding hydrogens is 184 g/mol. The molecule has 0 saturated heterocycles. The van der Waals surface area contributed by atoms with Crippen molar-refractivity contribution in [2.24, 2.45) is 11.8 Å². The highest BCUT2D eigenvalue weighted by molar-refractivity contribution is 6.38. The Labute approximate surface area is 84.2 Å². The molecule has 13 heavy (non-hydrogen) atoms. The van der Waals surface area contributed by atoms with Gasteiger partial charge in [0.05, 0.1) is 0 Å². The predicted molar refractivity (Wildman–Crippen MR) is 53.9 cm³/mol. The molecule has 1 nitrogen and oxygen atoms in total. The fraction of sp³-hybridized carbons (Fsp3) is 0.727. The zero-order valence-electron chi connectivity index (χ0n) is 7.92. The number of hydrogen-bond donors (Lipinski definition) is 0. The van der Waals surface area contributed by atoms with Crippen LogP contribution < -0.4 is 0 Å². The number of hydrogen-bond acceptors (Lipinski definition) is 1. The highest BCUT2D eigenvalue weighted by Crippen LogP contribution is 2.52. The van der Waals surface area contributed by atoms with Gasteiger partial charge in [0, 0.05) is 11.8 Å². The average Bonchev–Trinajstić information content (AvgIpc) is 2.17. The van der Waals surface area contributed by atoms with E-state index >= 15 is 0 Å². The lowest BCUT2D eigenvalue weighted by molar-refractivity contribution is -0.138. The molecule has 1 fully saturated rings. The summed E-state index contributed by atoms with van der Waals surface area (Å²) in [6.07, 6.45) is 8.20. The zero-order chi connectivity index (χ0) is 9.47. The van der Waals surface area contributed by atoms with Crippen LogP contribution >= 0.6 is 11.6 Å². The van der Waals surface area contributed by atoms with Crippen LogP contribution in [0.15, 0.2) is 12.2 Å². The van der Waals surface area contributed by atoms with E-state index in [1.807, 2.05) is 0 Å². The molecule has 72 valence electrons. The van der Waals surface area contributed by atoms with Gasteiger partial charge < -0.3 is 0 Å². The van der Waals surface area contributed by atoms with E-state index in [0.717, 1.165) is 25.7 Å². The number of ketones is 1. The Balaban J connectivity index is 2.18. The topological polar surface area (TPSA) is 17.1 Å². The first-order valence-corrected chi connectivity index (χ1v) is 5.48. The standard InChI is InChI=1S/C11H15ClO/c1-2-7-11(12)9-6-4-3-5-8(9)10(11)13/h4,6,8-9H,2-3,5,7H2,1H3. The molecule has 2 heteroatoms. The number of halogens is 1. The number of carbonyl (C=O) groups is 1. The van der Waals surface area contributed by atoms with Crippen molar-refractivity contribution in [3.05, 3.63) is 12.2 Å². The molecule has 0 spiro atoms. The first-order valence-electron chi connectivity index (χ1n) is 5.10. The molecule has 0 aromatic rings. The first-order chi connectivity index (χ1) is 6.20. The summed E-state index contributed by atoms with van der Waals surface area (Å²) in [5.41, 5.74) is 0. The predicted octanol–water partition coefficient (Wildman–Crippen LogP) is 2.93. The van der Waals surface area contributed by atoms with Gasteiger partial charge >= 0.3 is 0 Å². The summed E-state index contributed by atoms with van der Waals surface area (Å²) in [4.78, 5) is 11.2. The molecule has 0 aliphatic heterocycles. The largest absolute Gasteiger partial charge is 0.297 e. The summed E-state index contributed by atoms with van der Waals surface area (Å²) in [6, 6.07) is 0. The van der Waals surface area contributed by atoms with Gasteiger partial charge in [0.1, 0.15) is 4.87 Å². The van der Waals surface area contributed by atoms with E-state index in [4.69, 9.17) is 11.6 Å². The number of allylic oxidation sites excluding steroid dienone is 2. The third kappa shape index (κ3) is 1.17. The molecule has 2 aliphatic rings. The summed E-state index contributed by atoms with van der Waals surface area (Å²) in [6.45, 7) is 2.08. The van der Waals surface area contributed by atoms with Gasteiger partial charge in [-0.15, -0.1) is 11.6 Å². The van der Waals surface area contributed by atoms with Crippen molar-refractivity contribution < 1.29 is 4.79 Å². The minimum Gasteiger partial charge on any atom is -0.297 e. The molecular formula is C11H15ClO. The summed E-state index contributed by atoms with van der Waals surface area (Å²) in [5.74, 6) is 0.870. The highest BCUT2D eigenvalue weighted by Gasteiger charge is 2.59. The van der Waals surface area contributed by atoms with Gasteiger partial charge in [0.25, 0.3) is 0 Å². The number of carbonyl (C=O) groups excluding carboxylic acids is 1. The van der Waals surface area contributed by atoms with Crippen LogP contribution in [0, 0.1) is 11.8 Å². The average molecular weight is 199 g/mol. The van der Waals surface area contributed by atoms with Gasteiger partial charge in [-0.05, 0) is 19.3 Å². The molecule has 3 unspecified atom stereocenters. The van der Waals surface area contributed by atoms with Gasteiger partial charge in [0.15, 0.2) is 5.78 Å². The fourth-order valence-corrected chi connectivity index (χ4v) is 3.18. The molecule has 0 heterocycles. The highest BCUT2D eigenvalue weighted by atomic mass is 35.5. The second-order valence-corrected chi connectivity index (χ2v) is 4.79. The van der Waals surface area contributed by atoms with Crippen LogP contribution in [0.1, 0.15) is 32.6 Å². The van der Waals surface area contributed by atoms with Crippen molar-refractivity contribution in [3.8, 4) is 0 Å². The molecule has 2 aliphatic carbocycles. The molecule has 0 N–H and O–H groups in total. The van der Waals surface area contributed by atoms with Crippen LogP contribution in [0.5, 0.6) is 0 Å². The van der Waals surface area contributed by atoms with Gasteiger partial charge in [-0.2, -0.15) is 0 Å². The number of Topliss-reactive ketones (excluding diaryl/α,β-unsaturated/α-hetero) is 1. The second-order valence-electron chi connectivity index (χ2n) is 4.11. The van der Waals surface area contributed by atoms with Crippen LogP contribution in [0.2, 0.25) is 0 Å². The lowest BCUT2D eigenvalue weighted by atomic mass is 9.58. The Kier molecular flexibility index (Phi) is 2.23. The quantitative estimate of drug-likeness (QED) is 0.493. The number of rotatable bonds is 2. The minimum atomic E-state index is -0.531. The molecule has 0 aromatic carbocycles. The van der Waals surface area contributed by atoms with Gasteiger partial charge in [-0.25, -0.2) is 0 Å². The third-order valence-electron chi connectivity index (χ3n) is 3.31. The van der Waals surface area contributed by atoms with Crippen LogP contribution in [-0.4, -0.2) is 10.7 Å². The Morgan fingerprint density at radius 2 is 2.46 bits per heavy atom. The van der Waals surface area contributed by atoms with Gasteiger partial charge in [-0.1, -0.05) is 25.5 Å². The summed E-state index contributed by atoms with van der Waals surface area (Å²) in [7, 11) is 0. The van der Waals surface area contributed by atoms with Crippen molar-refractivity contribution in [2.75, 3.05) is 0 Å². The molecule has 1 saturated carbocycles. The Morgan fingerprint density at radius 1 is 1.69 bits per heavy atom. The van der Waals surface area contributed by atoms with Crippen molar-refractivity contribution >= 4 is 17.4 Å². The lowest BCUT2D eigenvalue weighted by Crippen LogP contribution is -2.59. The maximum atomic E-state index is 11.7. The van der Waals surface area contributed by atoms with Crippen LogP contribution in [0.4, 0.5) is 0 Å². The van der Waals surface area contributed by atoms with E-state index < -0.39 is 4.87 Å². The Morgan fingerprint density at radius 3 is 3.15 bits per heavy atom. The maximum absolute atomic E-state index is 11.7. The smallest absolute Gasteiger partial charge is 0.158 e. The molecule has 0 amide bonds. The second kappa shape index (κ2) is 3.13. The van der Waals surface area contributed by atoms with Crippen molar-refractivity contribution in [2.45, 2.75) is 37.5 Å². The van der Waals surface area contributed by atoms with Crippen molar-refractivity contribution in [3.63, 3.8) is 0 Å². The van der Waals surface area contributed by atoms with Crippen molar-refractivity contribution in [1.29, 1.82) is 0 Å². The Hall–Kier alpha value is -0.300. The minimum absolute atomic E-state index is 0.244. The van der Waals surface area contributed by atoms with E-state index in [1.54, 1.807) is 0 Å². The summed E-state index contributed by atoms with van der Waals surface area (Å²) in [5, 5.41) is 0. The van der Waals surface area contributed by atoms with Crippen LogP contribution in [-0.2, 0) is 4.79 Å². The van der Waals surface area contributed by atoms with E-state index in [0.29, 0.717) is 11.7 Å². The van der Waals surface area contributed by atoms with E-state index in [2.05, 4.69) is 19.1 Å². The molecule has 0 aromatic heterocycles. The molecule has 0 radical (unpaired) electrons. The first kappa shape index (κ1) is 9.26. The van der Waals surface area contributed by atoms with Crippen LogP contribution in [0.25, 0.3) is 0 Å². The lowest BCUT2D eigenvalue weighted by Gasteiger charge is -2.49. The third-order valence-corrected chi connectivity index (χ3v) is 3.94. The molecule has 3 atom stereocenters. The van der Waals surface area contributed by atoms with Gasteiger partial charge in [-0.3, -0.25) is 4.79 Å². The van der Waals surface area contributed by atoms with E-state index in [-0.39, 0.29) is 5.92 Å². The summed E-state index contributed by atoms with van der Waals surface area (Å²) >= 11 is 6.33. The normalized spacial score (nSPS) is 42.8. The Bertz CT molecular complexity index is 259. The number of alkyl halides is 1.